The summed E-state index contributed by atoms with van der Waals surface area (Å²) in [6.07, 6.45) is 3.20. The Morgan fingerprint density at radius 3 is 2.62 bits per heavy atom. The summed E-state index contributed by atoms with van der Waals surface area (Å²) in [5.74, 6) is -0.512. The van der Waals surface area contributed by atoms with Crippen molar-refractivity contribution in [3.05, 3.63) is 62.3 Å². The number of ketones is 1. The molecule has 1 aromatic carbocycles. The number of benzene rings is 1. The van der Waals surface area contributed by atoms with Crippen LogP contribution in [0.5, 0.6) is 0 Å². The van der Waals surface area contributed by atoms with Gasteiger partial charge in [-0.15, -0.1) is 0 Å². The van der Waals surface area contributed by atoms with Crippen LogP contribution in [0.3, 0.4) is 0 Å². The van der Waals surface area contributed by atoms with Crippen LogP contribution in [0.25, 0.3) is 0 Å². The standard InChI is InChI=1S/C21H28N4O4/c1-2-24-20(27)18(17(26)13-23-12-16-10-6-7-11-29-16)19(22)25(21(24)28)14-15-8-4-3-5-9-15/h3-5,8-9,16,23H,2,6-7,10-14,22H2,1H3. The maximum Gasteiger partial charge on any atom is 0.332 e. The Morgan fingerprint density at radius 1 is 1.21 bits per heavy atom. The molecule has 0 radical (unpaired) electrons. The molecule has 0 bridgehead atoms. The number of nitrogens with one attached hydrogen (secondary N) is 1. The molecule has 156 valence electrons. The Balaban J connectivity index is 1.84. The van der Waals surface area contributed by atoms with E-state index in [1.54, 1.807) is 6.92 Å². The van der Waals surface area contributed by atoms with Crippen LogP contribution in [-0.4, -0.2) is 40.7 Å². The summed E-state index contributed by atoms with van der Waals surface area (Å²) in [4.78, 5) is 38.3. The highest BCUT2D eigenvalue weighted by atomic mass is 16.5. The second-order valence-electron chi connectivity index (χ2n) is 7.21. The third-order valence-electron chi connectivity index (χ3n) is 5.18. The number of anilines is 1. The van der Waals surface area contributed by atoms with Gasteiger partial charge in [0, 0.05) is 19.7 Å². The van der Waals surface area contributed by atoms with Crippen LogP contribution in [0.15, 0.2) is 39.9 Å². The smallest absolute Gasteiger partial charge is 0.332 e. The number of aromatic nitrogens is 2. The third kappa shape index (κ3) is 4.83. The number of nitrogen functional groups attached to an aromatic ring is 1. The summed E-state index contributed by atoms with van der Waals surface area (Å²) in [5.41, 5.74) is 5.71. The quantitative estimate of drug-likeness (QED) is 0.640. The van der Waals surface area contributed by atoms with Gasteiger partial charge in [0.05, 0.1) is 19.2 Å². The van der Waals surface area contributed by atoms with Crippen LogP contribution in [0.1, 0.15) is 42.1 Å². The van der Waals surface area contributed by atoms with Crippen molar-refractivity contribution in [2.24, 2.45) is 0 Å². The molecule has 2 aromatic rings. The first-order chi connectivity index (χ1) is 14.0. The molecule has 1 saturated heterocycles. The molecule has 1 aliphatic heterocycles. The second kappa shape index (κ2) is 9.67. The highest BCUT2D eigenvalue weighted by Gasteiger charge is 2.22. The Kier molecular flexibility index (Phi) is 7.00. The van der Waals surface area contributed by atoms with Gasteiger partial charge in [0.15, 0.2) is 5.78 Å². The number of hydrogen-bond donors (Lipinski definition) is 2. The maximum atomic E-state index is 12.8. The number of carbonyl (C=O) groups is 1. The molecule has 2 heterocycles. The van der Waals surface area contributed by atoms with Crippen LogP contribution in [0.4, 0.5) is 5.82 Å². The molecule has 1 aliphatic rings. The molecular weight excluding hydrogens is 372 g/mol. The molecule has 3 rings (SSSR count). The Labute approximate surface area is 169 Å². The van der Waals surface area contributed by atoms with E-state index in [0.29, 0.717) is 6.54 Å². The first kappa shape index (κ1) is 21.0. The van der Waals surface area contributed by atoms with Crippen molar-refractivity contribution >= 4 is 11.6 Å². The van der Waals surface area contributed by atoms with Gasteiger partial charge in [0.1, 0.15) is 11.4 Å². The lowest BCUT2D eigenvalue weighted by molar-refractivity contribution is 0.0172. The van der Waals surface area contributed by atoms with E-state index in [2.05, 4.69) is 5.32 Å². The SMILES string of the molecule is CCn1c(=O)c(C(=O)CNCC2CCCCO2)c(N)n(Cc2ccccc2)c1=O. The average Bonchev–Trinajstić information content (AvgIpc) is 2.73. The van der Waals surface area contributed by atoms with Gasteiger partial charge < -0.3 is 15.8 Å². The van der Waals surface area contributed by atoms with Gasteiger partial charge in [0.25, 0.3) is 5.56 Å². The summed E-state index contributed by atoms with van der Waals surface area (Å²) in [6.45, 7) is 3.28. The number of carbonyl (C=O) groups excluding carboxylic acids is 1. The normalized spacial score (nSPS) is 16.7. The van der Waals surface area contributed by atoms with Crippen molar-refractivity contribution in [1.29, 1.82) is 0 Å². The largest absolute Gasteiger partial charge is 0.384 e. The molecule has 1 fully saturated rings. The minimum absolute atomic E-state index is 0.0352. The number of nitrogens with two attached hydrogens (primary N) is 1. The summed E-state index contributed by atoms with van der Waals surface area (Å²) in [5, 5.41) is 3.06. The lowest BCUT2D eigenvalue weighted by atomic mass is 10.1. The zero-order valence-electron chi connectivity index (χ0n) is 16.7. The van der Waals surface area contributed by atoms with Crippen LogP contribution in [0.2, 0.25) is 0 Å². The third-order valence-corrected chi connectivity index (χ3v) is 5.18. The number of nitrogens with zero attached hydrogens (tertiary/aromatic N) is 2. The molecule has 0 spiro atoms. The molecule has 8 nitrogen and oxygen atoms in total. The fraction of sp³-hybridized carbons (Fsp3) is 0.476. The topological polar surface area (TPSA) is 108 Å². The predicted octanol–water partition coefficient (Wildman–Crippen LogP) is 1.00. The summed E-state index contributed by atoms with van der Waals surface area (Å²) in [6, 6.07) is 9.31. The highest BCUT2D eigenvalue weighted by molar-refractivity contribution is 6.01. The van der Waals surface area contributed by atoms with E-state index < -0.39 is 17.0 Å². The molecule has 1 aromatic heterocycles. The van der Waals surface area contributed by atoms with Crippen LogP contribution in [-0.2, 0) is 17.8 Å². The maximum absolute atomic E-state index is 12.8. The fourth-order valence-electron chi connectivity index (χ4n) is 3.58. The van der Waals surface area contributed by atoms with Crippen molar-refractivity contribution in [1.82, 2.24) is 14.5 Å². The van der Waals surface area contributed by atoms with E-state index in [0.717, 1.165) is 36.0 Å². The first-order valence-corrected chi connectivity index (χ1v) is 10.1. The van der Waals surface area contributed by atoms with E-state index in [1.165, 1.54) is 4.57 Å². The second-order valence-corrected chi connectivity index (χ2v) is 7.21. The summed E-state index contributed by atoms with van der Waals surface area (Å²) in [7, 11) is 0. The number of ether oxygens (including phenoxy) is 1. The number of hydrogen-bond acceptors (Lipinski definition) is 6. The average molecular weight is 400 g/mol. The zero-order chi connectivity index (χ0) is 20.8. The van der Waals surface area contributed by atoms with Gasteiger partial charge in [-0.2, -0.15) is 0 Å². The first-order valence-electron chi connectivity index (χ1n) is 10.1. The molecule has 0 saturated carbocycles. The highest BCUT2D eigenvalue weighted by Crippen LogP contribution is 2.12. The van der Waals surface area contributed by atoms with Gasteiger partial charge >= 0.3 is 5.69 Å². The minimum atomic E-state index is -0.639. The van der Waals surface area contributed by atoms with Gasteiger partial charge in [-0.1, -0.05) is 30.3 Å². The van der Waals surface area contributed by atoms with Crippen molar-refractivity contribution in [3.8, 4) is 0 Å². The van der Waals surface area contributed by atoms with E-state index in [1.807, 2.05) is 30.3 Å². The molecule has 0 amide bonds. The zero-order valence-corrected chi connectivity index (χ0v) is 16.7. The van der Waals surface area contributed by atoms with Crippen LogP contribution < -0.4 is 22.3 Å². The minimum Gasteiger partial charge on any atom is -0.384 e. The van der Waals surface area contributed by atoms with Crippen molar-refractivity contribution < 1.29 is 9.53 Å². The van der Waals surface area contributed by atoms with Gasteiger partial charge in [-0.05, 0) is 31.7 Å². The lowest BCUT2D eigenvalue weighted by Gasteiger charge is -2.22. The van der Waals surface area contributed by atoms with E-state index in [-0.39, 0.29) is 37.1 Å². The van der Waals surface area contributed by atoms with E-state index >= 15 is 0 Å². The van der Waals surface area contributed by atoms with Crippen molar-refractivity contribution in [2.45, 2.75) is 45.4 Å². The Hall–Kier alpha value is -2.71. The molecule has 1 atom stereocenters. The number of rotatable bonds is 8. The molecule has 3 N–H and O–H groups in total. The van der Waals surface area contributed by atoms with Crippen LogP contribution in [0, 0.1) is 0 Å². The van der Waals surface area contributed by atoms with Gasteiger partial charge in [-0.3, -0.25) is 18.7 Å². The van der Waals surface area contributed by atoms with E-state index in [4.69, 9.17) is 10.5 Å². The summed E-state index contributed by atoms with van der Waals surface area (Å²) < 4.78 is 7.98. The van der Waals surface area contributed by atoms with Crippen molar-refractivity contribution in [3.63, 3.8) is 0 Å². The summed E-state index contributed by atoms with van der Waals surface area (Å²) >= 11 is 0. The molecule has 8 heteroatoms. The lowest BCUT2D eigenvalue weighted by Crippen LogP contribution is -2.45. The number of Topliss-reactive ketones (excluding diaryl/α,β-unsaturated/α-hetero) is 1. The Bertz CT molecular complexity index is 959. The monoisotopic (exact) mass is 400 g/mol. The fourth-order valence-corrected chi connectivity index (χ4v) is 3.58. The van der Waals surface area contributed by atoms with Crippen molar-refractivity contribution in [2.75, 3.05) is 25.4 Å². The molecule has 1 unspecified atom stereocenters. The van der Waals surface area contributed by atoms with Gasteiger partial charge in [-0.25, -0.2) is 4.79 Å². The Morgan fingerprint density at radius 2 is 1.97 bits per heavy atom. The van der Waals surface area contributed by atoms with Gasteiger partial charge in [0.2, 0.25) is 0 Å². The molecular formula is C21H28N4O4. The predicted molar refractivity (Wildman–Crippen MR) is 111 cm³/mol. The van der Waals surface area contributed by atoms with Crippen LogP contribution >= 0.6 is 0 Å². The van der Waals surface area contributed by atoms with E-state index in [9.17, 15) is 14.4 Å². The molecule has 0 aliphatic carbocycles. The molecule has 29 heavy (non-hydrogen) atoms.